The summed E-state index contributed by atoms with van der Waals surface area (Å²) in [4.78, 5) is 3.88. The van der Waals surface area contributed by atoms with Crippen molar-refractivity contribution in [1.82, 2.24) is 4.98 Å². The van der Waals surface area contributed by atoms with Gasteiger partial charge in [0.15, 0.2) is 0 Å². The molecule has 5 heteroatoms. The summed E-state index contributed by atoms with van der Waals surface area (Å²) in [5.74, 6) is 0. The van der Waals surface area contributed by atoms with Crippen LogP contribution < -0.4 is 0 Å². The van der Waals surface area contributed by atoms with E-state index in [0.717, 1.165) is 0 Å². The number of aliphatic hydroxyl groups excluding tert-OH is 2. The summed E-state index contributed by atoms with van der Waals surface area (Å²) in [5, 5.41) is 19.6. The van der Waals surface area contributed by atoms with Crippen molar-refractivity contribution >= 4 is 27.5 Å². The number of pyridine rings is 1. The highest BCUT2D eigenvalue weighted by Gasteiger charge is 2.17. The number of hydrogen-bond acceptors (Lipinski definition) is 3. The third-order valence-corrected chi connectivity index (χ3v) is 2.46. The normalized spacial score (nSPS) is 15.4. The highest BCUT2D eigenvalue weighted by Crippen LogP contribution is 2.17. The van der Waals surface area contributed by atoms with Crippen molar-refractivity contribution in [3.8, 4) is 0 Å². The molecule has 0 amide bonds. The Kier molecular flexibility index (Phi) is 4.12. The second-order valence-corrected chi connectivity index (χ2v) is 3.65. The lowest BCUT2D eigenvalue weighted by Gasteiger charge is -2.14. The van der Waals surface area contributed by atoms with Crippen molar-refractivity contribution in [2.75, 3.05) is 5.33 Å². The first-order valence-corrected chi connectivity index (χ1v) is 5.18. The van der Waals surface area contributed by atoms with Crippen LogP contribution in [0.5, 0.6) is 0 Å². The molecule has 0 fully saturated rings. The molecule has 2 N–H and O–H groups in total. The summed E-state index contributed by atoms with van der Waals surface area (Å²) in [6, 6.07) is 3.20. The second kappa shape index (κ2) is 4.91. The second-order valence-electron chi connectivity index (χ2n) is 2.57. The van der Waals surface area contributed by atoms with E-state index in [-0.39, 0.29) is 0 Å². The van der Waals surface area contributed by atoms with Crippen molar-refractivity contribution in [3.05, 3.63) is 29.0 Å². The fourth-order valence-corrected chi connectivity index (χ4v) is 1.31. The maximum Gasteiger partial charge on any atom is 0.123 e. The predicted molar refractivity (Wildman–Crippen MR) is 54.0 cm³/mol. The molecule has 72 valence electrons. The quantitative estimate of drug-likeness (QED) is 0.816. The zero-order valence-electron chi connectivity index (χ0n) is 6.69. The monoisotopic (exact) mass is 265 g/mol. The number of rotatable bonds is 3. The summed E-state index contributed by atoms with van der Waals surface area (Å²) >= 11 is 8.68. The van der Waals surface area contributed by atoms with Gasteiger partial charge in [0.05, 0.1) is 16.8 Å². The molecule has 3 nitrogen and oxygen atoms in total. The highest BCUT2D eigenvalue weighted by molar-refractivity contribution is 9.09. The van der Waals surface area contributed by atoms with E-state index in [4.69, 9.17) is 11.6 Å². The molecule has 0 saturated carbocycles. The van der Waals surface area contributed by atoms with Crippen molar-refractivity contribution in [2.45, 2.75) is 12.2 Å². The molecule has 1 aromatic heterocycles. The minimum atomic E-state index is -0.975. The Balaban J connectivity index is 2.77. The third-order valence-electron chi connectivity index (χ3n) is 1.58. The van der Waals surface area contributed by atoms with E-state index in [1.807, 2.05) is 0 Å². The third kappa shape index (κ3) is 2.91. The zero-order valence-corrected chi connectivity index (χ0v) is 9.03. The largest absolute Gasteiger partial charge is 0.389 e. The van der Waals surface area contributed by atoms with Gasteiger partial charge in [-0.25, -0.2) is 0 Å². The Morgan fingerprint density at radius 3 is 2.62 bits per heavy atom. The van der Waals surface area contributed by atoms with E-state index in [1.54, 1.807) is 12.1 Å². The molecule has 0 aliphatic heterocycles. The van der Waals surface area contributed by atoms with E-state index in [1.165, 1.54) is 6.20 Å². The number of hydrogen-bond donors (Lipinski definition) is 2. The van der Waals surface area contributed by atoms with Crippen LogP contribution in [-0.2, 0) is 0 Å². The van der Waals surface area contributed by atoms with Gasteiger partial charge in [-0.3, -0.25) is 4.98 Å². The molecule has 0 bridgehead atoms. The molecule has 2 unspecified atom stereocenters. The average molecular weight is 267 g/mol. The topological polar surface area (TPSA) is 53.4 Å². The van der Waals surface area contributed by atoms with E-state index in [0.29, 0.717) is 16.0 Å². The van der Waals surface area contributed by atoms with Crippen molar-refractivity contribution in [3.63, 3.8) is 0 Å². The molecule has 1 aromatic rings. The standard InChI is InChI=1S/C8H9BrClNO2/c9-3-7(12)8(13)6-2-1-5(10)4-11-6/h1-2,4,7-8,12-13H,3H2. The average Bonchev–Trinajstić information content (AvgIpc) is 2.17. The lowest BCUT2D eigenvalue weighted by molar-refractivity contribution is 0.0315. The molecule has 0 saturated heterocycles. The molecule has 0 spiro atoms. The number of halogens is 2. The van der Waals surface area contributed by atoms with Crippen molar-refractivity contribution in [2.24, 2.45) is 0 Å². The van der Waals surface area contributed by atoms with Crippen LogP contribution in [-0.4, -0.2) is 26.6 Å². The van der Waals surface area contributed by atoms with Crippen LogP contribution in [0.4, 0.5) is 0 Å². The highest BCUT2D eigenvalue weighted by atomic mass is 79.9. The first-order chi connectivity index (χ1) is 6.15. The number of nitrogens with zero attached hydrogens (tertiary/aromatic N) is 1. The Morgan fingerprint density at radius 2 is 2.15 bits per heavy atom. The Morgan fingerprint density at radius 1 is 1.46 bits per heavy atom. The fraction of sp³-hybridized carbons (Fsp3) is 0.375. The van der Waals surface area contributed by atoms with Gasteiger partial charge in [0.25, 0.3) is 0 Å². The van der Waals surface area contributed by atoms with Crippen LogP contribution in [0.3, 0.4) is 0 Å². The molecule has 1 rings (SSSR count). The molecule has 0 aliphatic rings. The summed E-state index contributed by atoms with van der Waals surface area (Å²) < 4.78 is 0. The van der Waals surface area contributed by atoms with Gasteiger partial charge in [-0.05, 0) is 12.1 Å². The van der Waals surface area contributed by atoms with Crippen molar-refractivity contribution < 1.29 is 10.2 Å². The Labute approximate surface area is 89.5 Å². The van der Waals surface area contributed by atoms with Gasteiger partial charge < -0.3 is 10.2 Å². The van der Waals surface area contributed by atoms with Crippen LogP contribution >= 0.6 is 27.5 Å². The van der Waals surface area contributed by atoms with Crippen molar-refractivity contribution in [1.29, 1.82) is 0 Å². The van der Waals surface area contributed by atoms with Gasteiger partial charge in [-0.15, -0.1) is 0 Å². The predicted octanol–water partition coefficient (Wildman–Crippen LogP) is 1.52. The van der Waals surface area contributed by atoms with Gasteiger partial charge >= 0.3 is 0 Å². The molecule has 0 radical (unpaired) electrons. The lowest BCUT2D eigenvalue weighted by atomic mass is 10.1. The van der Waals surface area contributed by atoms with Gasteiger partial charge in [0.1, 0.15) is 6.10 Å². The SMILES string of the molecule is OC(CBr)C(O)c1ccc(Cl)cn1. The van der Waals surface area contributed by atoms with E-state index in [2.05, 4.69) is 20.9 Å². The maximum absolute atomic E-state index is 9.49. The molecule has 0 aliphatic carbocycles. The summed E-state index contributed by atoms with van der Waals surface area (Å²) in [7, 11) is 0. The maximum atomic E-state index is 9.49. The smallest absolute Gasteiger partial charge is 0.123 e. The zero-order chi connectivity index (χ0) is 9.84. The van der Waals surface area contributed by atoms with E-state index >= 15 is 0 Å². The minimum absolute atomic E-state index is 0.304. The van der Waals surface area contributed by atoms with Gasteiger partial charge in [0.2, 0.25) is 0 Å². The van der Waals surface area contributed by atoms with Gasteiger partial charge in [0, 0.05) is 11.5 Å². The number of aromatic nitrogens is 1. The number of alkyl halides is 1. The molecule has 13 heavy (non-hydrogen) atoms. The molecule has 1 heterocycles. The summed E-state index contributed by atoms with van der Waals surface area (Å²) in [5.41, 5.74) is 0.413. The van der Waals surface area contributed by atoms with Gasteiger partial charge in [-0.1, -0.05) is 27.5 Å². The first-order valence-electron chi connectivity index (χ1n) is 3.68. The fourth-order valence-electron chi connectivity index (χ4n) is 0.844. The van der Waals surface area contributed by atoms with E-state index in [9.17, 15) is 10.2 Å². The molecular weight excluding hydrogens is 257 g/mol. The molecular formula is C8H9BrClNO2. The van der Waals surface area contributed by atoms with Crippen LogP contribution in [0.15, 0.2) is 18.3 Å². The van der Waals surface area contributed by atoms with Crippen LogP contribution in [0.25, 0.3) is 0 Å². The van der Waals surface area contributed by atoms with Crippen LogP contribution in [0, 0.1) is 0 Å². The van der Waals surface area contributed by atoms with E-state index < -0.39 is 12.2 Å². The van der Waals surface area contributed by atoms with Crippen LogP contribution in [0.2, 0.25) is 5.02 Å². The Hall–Kier alpha value is -0.160. The Bertz CT molecular complexity index is 267. The summed E-state index contributed by atoms with van der Waals surface area (Å²) in [6.07, 6.45) is -0.397. The van der Waals surface area contributed by atoms with Crippen LogP contribution in [0.1, 0.15) is 11.8 Å². The molecule has 2 atom stereocenters. The number of aliphatic hydroxyl groups is 2. The first kappa shape index (κ1) is 10.9. The molecule has 0 aromatic carbocycles. The summed E-state index contributed by atoms with van der Waals surface area (Å²) in [6.45, 7) is 0. The lowest BCUT2D eigenvalue weighted by Crippen LogP contribution is -2.20. The van der Waals surface area contributed by atoms with Gasteiger partial charge in [-0.2, -0.15) is 0 Å². The minimum Gasteiger partial charge on any atom is -0.389 e.